The molecule has 0 radical (unpaired) electrons. The van der Waals surface area contributed by atoms with E-state index in [0.717, 1.165) is 60.8 Å². The van der Waals surface area contributed by atoms with E-state index >= 15 is 0 Å². The highest BCUT2D eigenvalue weighted by molar-refractivity contribution is 7.26. The number of thiophene rings is 1. The van der Waals surface area contributed by atoms with E-state index in [1.54, 1.807) is 0 Å². The number of nitrogens with zero attached hydrogens (tertiary/aromatic N) is 4. The molecule has 13 aromatic rings. The maximum Gasteiger partial charge on any atom is 0.238 e. The van der Waals surface area contributed by atoms with Gasteiger partial charge >= 0.3 is 0 Å². The molecule has 298 valence electrons. The summed E-state index contributed by atoms with van der Waals surface area (Å²) in [5.74, 6) is 1.78. The third kappa shape index (κ3) is 5.79. The first-order valence-corrected chi connectivity index (χ1v) is 22.4. The van der Waals surface area contributed by atoms with Crippen molar-refractivity contribution in [3.63, 3.8) is 0 Å². The van der Waals surface area contributed by atoms with Gasteiger partial charge in [-0.1, -0.05) is 212 Å². The van der Waals surface area contributed by atoms with Crippen LogP contribution in [0.15, 0.2) is 218 Å². The first kappa shape index (κ1) is 36.4. The average Bonchev–Trinajstić information content (AvgIpc) is 3.94. The summed E-state index contributed by atoms with van der Waals surface area (Å²) in [4.78, 5) is 16.3. The first-order valence-electron chi connectivity index (χ1n) is 21.6. The van der Waals surface area contributed by atoms with Gasteiger partial charge in [0.15, 0.2) is 11.6 Å². The maximum absolute atomic E-state index is 5.50. The Balaban J connectivity index is 1.14. The van der Waals surface area contributed by atoms with E-state index in [9.17, 15) is 0 Å². The van der Waals surface area contributed by atoms with Gasteiger partial charge in [0.05, 0.1) is 11.0 Å². The summed E-state index contributed by atoms with van der Waals surface area (Å²) in [7, 11) is 0. The Morgan fingerprint density at radius 1 is 0.297 bits per heavy atom. The van der Waals surface area contributed by atoms with E-state index in [2.05, 4.69) is 211 Å². The highest BCUT2D eigenvalue weighted by Crippen LogP contribution is 2.47. The highest BCUT2D eigenvalue weighted by Gasteiger charge is 2.25. The van der Waals surface area contributed by atoms with Gasteiger partial charge in [0.2, 0.25) is 5.95 Å². The molecule has 5 heteroatoms. The van der Waals surface area contributed by atoms with Crippen molar-refractivity contribution in [1.82, 2.24) is 19.5 Å². The Bertz CT molecular complexity index is 3830. The monoisotopic (exact) mass is 832 g/mol. The molecule has 0 bridgehead atoms. The lowest BCUT2D eigenvalue weighted by molar-refractivity contribution is 0.955. The third-order valence-electron chi connectivity index (χ3n) is 12.7. The minimum atomic E-state index is 0.565. The van der Waals surface area contributed by atoms with E-state index in [4.69, 9.17) is 15.0 Å². The lowest BCUT2D eigenvalue weighted by Crippen LogP contribution is -2.07. The van der Waals surface area contributed by atoms with Crippen LogP contribution >= 0.6 is 11.3 Å². The van der Waals surface area contributed by atoms with Crippen molar-refractivity contribution in [3.8, 4) is 62.1 Å². The molecule has 3 heterocycles. The molecule has 3 aromatic heterocycles. The molecule has 0 atom stereocenters. The minimum Gasteiger partial charge on any atom is -0.277 e. The fourth-order valence-corrected chi connectivity index (χ4v) is 10.9. The quantitative estimate of drug-likeness (QED) is 0.157. The summed E-state index contributed by atoms with van der Waals surface area (Å²) >= 11 is 1.85. The Kier molecular flexibility index (Phi) is 8.36. The van der Waals surface area contributed by atoms with E-state index in [1.165, 1.54) is 47.3 Å². The van der Waals surface area contributed by atoms with Crippen LogP contribution in [0, 0.1) is 0 Å². The van der Waals surface area contributed by atoms with Crippen LogP contribution in [0.4, 0.5) is 0 Å². The van der Waals surface area contributed by atoms with Crippen LogP contribution in [-0.2, 0) is 0 Å². The zero-order valence-electron chi connectivity index (χ0n) is 34.5. The molecule has 0 aliphatic carbocycles. The lowest BCUT2D eigenvalue weighted by Gasteiger charge is -2.15. The maximum atomic E-state index is 5.50. The van der Waals surface area contributed by atoms with Crippen molar-refractivity contribution in [3.05, 3.63) is 218 Å². The number of hydrogen-bond donors (Lipinski definition) is 0. The molecule has 13 rings (SSSR count). The molecular formula is C59H36N4S. The molecule has 0 amide bonds. The Hall–Kier alpha value is -8.25. The minimum absolute atomic E-state index is 0.565. The normalized spacial score (nSPS) is 11.8. The van der Waals surface area contributed by atoms with Crippen LogP contribution < -0.4 is 0 Å². The van der Waals surface area contributed by atoms with Gasteiger partial charge in [-0.05, 0) is 44.5 Å². The summed E-state index contributed by atoms with van der Waals surface area (Å²) in [6, 6.07) is 77.9. The number of fused-ring (bicyclic) bond motifs is 11. The summed E-state index contributed by atoms with van der Waals surface area (Å²) in [5.41, 5.74) is 10.9. The van der Waals surface area contributed by atoms with E-state index in [0.29, 0.717) is 17.6 Å². The molecule has 0 aliphatic heterocycles. The van der Waals surface area contributed by atoms with E-state index in [1.807, 2.05) is 23.5 Å². The predicted molar refractivity (Wildman–Crippen MR) is 269 cm³/mol. The molecular weight excluding hydrogens is 797 g/mol. The fraction of sp³-hybridized carbons (Fsp3) is 0. The highest BCUT2D eigenvalue weighted by atomic mass is 32.1. The van der Waals surface area contributed by atoms with Gasteiger partial charge in [-0.3, -0.25) is 4.57 Å². The van der Waals surface area contributed by atoms with Crippen molar-refractivity contribution < 1.29 is 0 Å². The van der Waals surface area contributed by atoms with Crippen molar-refractivity contribution in [2.45, 2.75) is 0 Å². The van der Waals surface area contributed by atoms with Crippen molar-refractivity contribution in [2.24, 2.45) is 0 Å². The molecule has 0 saturated heterocycles. The molecule has 0 aliphatic rings. The summed E-state index contributed by atoms with van der Waals surface area (Å²) < 4.78 is 4.88. The Morgan fingerprint density at radius 2 is 0.750 bits per heavy atom. The second-order valence-corrected chi connectivity index (χ2v) is 17.4. The molecule has 0 N–H and O–H groups in total. The molecule has 10 aromatic carbocycles. The smallest absolute Gasteiger partial charge is 0.238 e. The van der Waals surface area contributed by atoms with Gasteiger partial charge in [0.1, 0.15) is 0 Å². The number of hydrogen-bond acceptors (Lipinski definition) is 4. The zero-order chi connectivity index (χ0) is 42.1. The van der Waals surface area contributed by atoms with Gasteiger partial charge in [0, 0.05) is 58.6 Å². The van der Waals surface area contributed by atoms with Crippen molar-refractivity contribution in [1.29, 1.82) is 0 Å². The van der Waals surface area contributed by atoms with Gasteiger partial charge in [-0.15, -0.1) is 11.3 Å². The number of rotatable bonds is 6. The van der Waals surface area contributed by atoms with Gasteiger partial charge in [-0.2, -0.15) is 9.97 Å². The van der Waals surface area contributed by atoms with Gasteiger partial charge in [0.25, 0.3) is 0 Å². The summed E-state index contributed by atoms with van der Waals surface area (Å²) in [6.07, 6.45) is 0. The van der Waals surface area contributed by atoms with Crippen LogP contribution in [0.25, 0.3) is 126 Å². The molecule has 0 saturated carbocycles. The van der Waals surface area contributed by atoms with Gasteiger partial charge < -0.3 is 0 Å². The van der Waals surface area contributed by atoms with Crippen LogP contribution in [0.2, 0.25) is 0 Å². The molecule has 64 heavy (non-hydrogen) atoms. The van der Waals surface area contributed by atoms with Crippen molar-refractivity contribution in [2.75, 3.05) is 0 Å². The average molecular weight is 833 g/mol. The van der Waals surface area contributed by atoms with E-state index in [-0.39, 0.29) is 0 Å². The van der Waals surface area contributed by atoms with Gasteiger partial charge in [-0.25, -0.2) is 4.98 Å². The predicted octanol–water partition coefficient (Wildman–Crippen LogP) is 16.0. The number of aromatic nitrogens is 4. The molecule has 0 fully saturated rings. The topological polar surface area (TPSA) is 43.6 Å². The lowest BCUT2D eigenvalue weighted by atomic mass is 9.95. The summed E-state index contributed by atoms with van der Waals surface area (Å²) in [6.45, 7) is 0. The number of para-hydroxylation sites is 1. The molecule has 4 nitrogen and oxygen atoms in total. The van der Waals surface area contributed by atoms with Crippen LogP contribution in [0.5, 0.6) is 0 Å². The number of benzene rings is 10. The van der Waals surface area contributed by atoms with Crippen molar-refractivity contribution >= 4 is 74.9 Å². The molecule has 0 spiro atoms. The second-order valence-electron chi connectivity index (χ2n) is 16.3. The SMILES string of the molecule is c1ccc(-c2ccc(-c3nc(-c4ccc(-c5ccccc5)cc4)nc(-n4c5c(-c6cccc7c6sc6ccccc67)cccc5c5c6ccccc6c6ccccc6c54)n3)cc2)cc1. The largest absolute Gasteiger partial charge is 0.277 e. The summed E-state index contributed by atoms with van der Waals surface area (Å²) in [5, 5.41) is 9.60. The first-order chi connectivity index (χ1) is 31.7. The standard InChI is InChI=1S/C59H36N4S/c1-3-15-37(16-4-1)39-29-33-41(34-30-39)57-60-58(42-35-31-40(32-36-42)38-17-5-2-6-18-38)62-59(61-57)63-54-48(50-26-14-25-49-45-21-11-12-28-52(45)64-56(49)50)24-13-27-51(54)53-46-22-9-7-19-43(46)44-20-8-10-23-47(44)55(53)63/h1-36H. The second kappa shape index (κ2) is 14.7. The Morgan fingerprint density at radius 3 is 1.38 bits per heavy atom. The van der Waals surface area contributed by atoms with Crippen LogP contribution in [0.1, 0.15) is 0 Å². The molecule has 0 unspecified atom stereocenters. The van der Waals surface area contributed by atoms with Crippen LogP contribution in [-0.4, -0.2) is 19.5 Å². The fourth-order valence-electron chi connectivity index (χ4n) is 9.71. The third-order valence-corrected chi connectivity index (χ3v) is 13.9. The van der Waals surface area contributed by atoms with Crippen LogP contribution in [0.3, 0.4) is 0 Å². The Labute approximate surface area is 373 Å². The van der Waals surface area contributed by atoms with E-state index < -0.39 is 0 Å². The zero-order valence-corrected chi connectivity index (χ0v) is 35.3.